The fourth-order valence-corrected chi connectivity index (χ4v) is 2.61. The Morgan fingerprint density at radius 1 is 1.17 bits per heavy atom. The zero-order chi connectivity index (χ0) is 16.4. The van der Waals surface area contributed by atoms with Crippen molar-refractivity contribution >= 4 is 29.3 Å². The van der Waals surface area contributed by atoms with Gasteiger partial charge in [-0.15, -0.1) is 0 Å². The first-order valence-corrected chi connectivity index (χ1v) is 7.90. The minimum atomic E-state index is -0.136. The van der Waals surface area contributed by atoms with E-state index < -0.39 is 0 Å². The molecule has 1 aliphatic rings. The fourth-order valence-electron chi connectivity index (χ4n) is 2.35. The van der Waals surface area contributed by atoms with Crippen LogP contribution >= 0.6 is 12.2 Å². The van der Waals surface area contributed by atoms with Gasteiger partial charge >= 0.3 is 0 Å². The van der Waals surface area contributed by atoms with E-state index in [4.69, 9.17) is 12.2 Å². The molecule has 8 heteroatoms. The molecule has 0 unspecified atom stereocenters. The number of amides is 1. The smallest absolute Gasteiger partial charge is 0.276 e. The van der Waals surface area contributed by atoms with Gasteiger partial charge in [0.2, 0.25) is 0 Å². The third kappa shape index (κ3) is 3.16. The zero-order valence-electron chi connectivity index (χ0n) is 13.1. The van der Waals surface area contributed by atoms with Crippen LogP contribution in [0.2, 0.25) is 0 Å². The highest BCUT2D eigenvalue weighted by atomic mass is 32.1. The molecule has 1 fully saturated rings. The summed E-state index contributed by atoms with van der Waals surface area (Å²) in [4.78, 5) is 14.1. The molecule has 1 saturated heterocycles. The maximum Gasteiger partial charge on any atom is 0.276 e. The van der Waals surface area contributed by atoms with Gasteiger partial charge in [-0.25, -0.2) is 0 Å². The molecule has 2 aromatic rings. The molecule has 120 valence electrons. The first kappa shape index (κ1) is 15.4. The molecule has 1 aliphatic heterocycles. The van der Waals surface area contributed by atoms with E-state index in [2.05, 4.69) is 15.5 Å². The number of carbonyl (C=O) groups is 1. The van der Waals surface area contributed by atoms with Crippen molar-refractivity contribution in [2.45, 2.75) is 33.5 Å². The predicted molar refractivity (Wildman–Crippen MR) is 90.1 cm³/mol. The van der Waals surface area contributed by atoms with Gasteiger partial charge in [0.05, 0.1) is 18.9 Å². The SMILES string of the molecule is CCn1cc(/C=C2/NC(=S)N(Cc3cnn(CC)c3)C2=O)cn1. The average molecular weight is 330 g/mol. The molecular formula is C15H18N6OS. The number of hydrogen-bond donors (Lipinski definition) is 1. The van der Waals surface area contributed by atoms with E-state index in [-0.39, 0.29) is 5.91 Å². The van der Waals surface area contributed by atoms with Crippen molar-refractivity contribution in [3.8, 4) is 0 Å². The van der Waals surface area contributed by atoms with Crippen molar-refractivity contribution in [3.05, 3.63) is 41.6 Å². The van der Waals surface area contributed by atoms with Crippen LogP contribution in [0, 0.1) is 0 Å². The third-order valence-electron chi connectivity index (χ3n) is 3.60. The summed E-state index contributed by atoms with van der Waals surface area (Å²) in [7, 11) is 0. The number of nitrogens with zero attached hydrogens (tertiary/aromatic N) is 5. The summed E-state index contributed by atoms with van der Waals surface area (Å²) in [5.41, 5.74) is 2.28. The van der Waals surface area contributed by atoms with E-state index in [1.807, 2.05) is 30.9 Å². The van der Waals surface area contributed by atoms with Crippen molar-refractivity contribution in [2.24, 2.45) is 0 Å². The van der Waals surface area contributed by atoms with Crippen LogP contribution in [-0.4, -0.2) is 35.5 Å². The Kier molecular flexibility index (Phi) is 4.24. The molecular weight excluding hydrogens is 312 g/mol. The second-order valence-corrected chi connectivity index (χ2v) is 5.60. The van der Waals surface area contributed by atoms with E-state index in [0.29, 0.717) is 17.4 Å². The van der Waals surface area contributed by atoms with E-state index in [1.165, 1.54) is 0 Å². The predicted octanol–water partition coefficient (Wildman–Crippen LogP) is 1.38. The van der Waals surface area contributed by atoms with Gasteiger partial charge in [0.25, 0.3) is 5.91 Å². The van der Waals surface area contributed by atoms with Gasteiger partial charge < -0.3 is 5.32 Å². The third-order valence-corrected chi connectivity index (χ3v) is 3.92. The van der Waals surface area contributed by atoms with E-state index >= 15 is 0 Å². The van der Waals surface area contributed by atoms with E-state index in [9.17, 15) is 4.79 Å². The highest BCUT2D eigenvalue weighted by Gasteiger charge is 2.30. The molecule has 3 heterocycles. The lowest BCUT2D eigenvalue weighted by Crippen LogP contribution is -2.29. The Bertz CT molecular complexity index is 775. The molecule has 7 nitrogen and oxygen atoms in total. The van der Waals surface area contributed by atoms with Crippen LogP contribution in [-0.2, 0) is 24.4 Å². The van der Waals surface area contributed by atoms with Crippen LogP contribution in [0.3, 0.4) is 0 Å². The lowest BCUT2D eigenvalue weighted by molar-refractivity contribution is -0.122. The monoisotopic (exact) mass is 330 g/mol. The number of rotatable bonds is 5. The van der Waals surface area contributed by atoms with Crippen molar-refractivity contribution in [2.75, 3.05) is 0 Å². The minimum absolute atomic E-state index is 0.136. The van der Waals surface area contributed by atoms with Gasteiger partial charge in [0, 0.05) is 36.6 Å². The lowest BCUT2D eigenvalue weighted by atomic mass is 10.2. The molecule has 0 aromatic carbocycles. The van der Waals surface area contributed by atoms with Gasteiger partial charge in [-0.3, -0.25) is 19.1 Å². The van der Waals surface area contributed by atoms with E-state index in [0.717, 1.165) is 24.2 Å². The van der Waals surface area contributed by atoms with Gasteiger partial charge in [0.15, 0.2) is 5.11 Å². The second-order valence-electron chi connectivity index (χ2n) is 5.21. The number of aryl methyl sites for hydroxylation is 2. The van der Waals surface area contributed by atoms with Gasteiger partial charge in [0.1, 0.15) is 5.70 Å². The number of thiocarbonyl (C=S) groups is 1. The lowest BCUT2D eigenvalue weighted by Gasteiger charge is -2.12. The van der Waals surface area contributed by atoms with Gasteiger partial charge in [-0.1, -0.05) is 0 Å². The first-order chi connectivity index (χ1) is 11.1. The summed E-state index contributed by atoms with van der Waals surface area (Å²) in [6.45, 7) is 6.02. The molecule has 0 saturated carbocycles. The molecule has 0 bridgehead atoms. The zero-order valence-corrected chi connectivity index (χ0v) is 13.9. The summed E-state index contributed by atoms with van der Waals surface area (Å²) >= 11 is 5.28. The molecule has 0 atom stereocenters. The first-order valence-electron chi connectivity index (χ1n) is 7.49. The van der Waals surface area contributed by atoms with E-state index in [1.54, 1.807) is 28.1 Å². The molecule has 0 spiro atoms. The van der Waals surface area contributed by atoms with Crippen molar-refractivity contribution in [1.82, 2.24) is 29.8 Å². The summed E-state index contributed by atoms with van der Waals surface area (Å²) in [5, 5.41) is 11.8. The maximum atomic E-state index is 12.5. The highest BCUT2D eigenvalue weighted by molar-refractivity contribution is 7.80. The molecule has 0 aliphatic carbocycles. The largest absolute Gasteiger partial charge is 0.328 e. The van der Waals surface area contributed by atoms with Crippen molar-refractivity contribution < 1.29 is 4.79 Å². The number of nitrogens with one attached hydrogen (secondary N) is 1. The highest BCUT2D eigenvalue weighted by Crippen LogP contribution is 2.16. The fraction of sp³-hybridized carbons (Fsp3) is 0.333. The van der Waals surface area contributed by atoms with Crippen LogP contribution < -0.4 is 5.32 Å². The van der Waals surface area contributed by atoms with Crippen LogP contribution in [0.1, 0.15) is 25.0 Å². The summed E-state index contributed by atoms with van der Waals surface area (Å²) < 4.78 is 3.63. The topological polar surface area (TPSA) is 68.0 Å². The minimum Gasteiger partial charge on any atom is -0.328 e. The Balaban J connectivity index is 1.76. The van der Waals surface area contributed by atoms with Gasteiger partial charge in [-0.2, -0.15) is 10.2 Å². The van der Waals surface area contributed by atoms with Crippen molar-refractivity contribution in [3.63, 3.8) is 0 Å². The summed E-state index contributed by atoms with van der Waals surface area (Å²) in [6, 6.07) is 0. The van der Waals surface area contributed by atoms with Gasteiger partial charge in [-0.05, 0) is 32.1 Å². The molecule has 2 aromatic heterocycles. The standard InChI is InChI=1S/C15H18N6OS/c1-3-19-8-11(6-16-19)5-13-14(22)21(15(23)18-13)10-12-7-17-20(4-2)9-12/h5-9H,3-4,10H2,1-2H3,(H,18,23)/b13-5+. The quantitative estimate of drug-likeness (QED) is 0.662. The maximum absolute atomic E-state index is 12.5. The molecule has 1 N–H and O–H groups in total. The number of carbonyl (C=O) groups excluding carboxylic acids is 1. The number of hydrogen-bond acceptors (Lipinski definition) is 4. The molecule has 23 heavy (non-hydrogen) atoms. The van der Waals surface area contributed by atoms with Crippen molar-refractivity contribution in [1.29, 1.82) is 0 Å². The van der Waals surface area contributed by atoms with Crippen LogP contribution in [0.5, 0.6) is 0 Å². The summed E-state index contributed by atoms with van der Waals surface area (Å²) in [6.07, 6.45) is 9.06. The number of aromatic nitrogens is 4. The molecule has 0 radical (unpaired) electrons. The Morgan fingerprint density at radius 3 is 2.52 bits per heavy atom. The van der Waals surface area contributed by atoms with Crippen LogP contribution in [0.15, 0.2) is 30.5 Å². The summed E-state index contributed by atoms with van der Waals surface area (Å²) in [5.74, 6) is -0.136. The van der Waals surface area contributed by atoms with Crippen LogP contribution in [0.4, 0.5) is 0 Å². The Hall–Kier alpha value is -2.48. The Morgan fingerprint density at radius 2 is 1.87 bits per heavy atom. The second kappa shape index (κ2) is 6.33. The molecule has 3 rings (SSSR count). The van der Waals surface area contributed by atoms with Crippen LogP contribution in [0.25, 0.3) is 6.08 Å². The Labute approximate surface area is 139 Å². The molecule has 1 amide bonds. The normalized spacial score (nSPS) is 16.4. The average Bonchev–Trinajstić information content (AvgIpc) is 3.24.